The van der Waals surface area contributed by atoms with Gasteiger partial charge in [0.15, 0.2) is 0 Å². The van der Waals surface area contributed by atoms with E-state index in [1.807, 2.05) is 43.3 Å². The molecule has 4 rings (SSSR count). The number of hydrogen-bond donors (Lipinski definition) is 0. The fraction of sp³-hybridized carbons (Fsp3) is 0.556. The third kappa shape index (κ3) is 5.78. The summed E-state index contributed by atoms with van der Waals surface area (Å²) in [5.41, 5.74) is 1.72. The van der Waals surface area contributed by atoms with Crippen molar-refractivity contribution in [2.24, 2.45) is 0 Å². The molecule has 0 bridgehead atoms. The first-order valence-corrected chi connectivity index (χ1v) is 13.9. The number of halogens is 1. The molecule has 0 radical (unpaired) electrons. The van der Waals surface area contributed by atoms with Gasteiger partial charge in [-0.1, -0.05) is 42.5 Å². The van der Waals surface area contributed by atoms with Crippen LogP contribution in [0.2, 0.25) is 0 Å². The molecule has 0 amide bonds. The van der Waals surface area contributed by atoms with Crippen LogP contribution in [0.3, 0.4) is 0 Å². The number of methoxy groups -OCH3 is 1. The highest BCUT2D eigenvalue weighted by molar-refractivity contribution is 7.89. The second-order valence-electron chi connectivity index (χ2n) is 9.66. The average molecular weight is 506 g/mol. The Bertz CT molecular complexity index is 1070. The third-order valence-electron chi connectivity index (χ3n) is 7.45. The van der Waals surface area contributed by atoms with Crippen molar-refractivity contribution in [3.05, 3.63) is 71.0 Å². The summed E-state index contributed by atoms with van der Waals surface area (Å²) < 4.78 is 60.5. The first kappa shape index (κ1) is 26.2. The minimum atomic E-state index is -3.62. The van der Waals surface area contributed by atoms with Gasteiger partial charge in [-0.05, 0) is 49.8 Å². The molecule has 2 saturated heterocycles. The van der Waals surface area contributed by atoms with Crippen LogP contribution in [-0.4, -0.2) is 58.9 Å². The van der Waals surface area contributed by atoms with E-state index in [9.17, 15) is 8.42 Å². The maximum Gasteiger partial charge on any atom is 0.221 e. The second-order valence-corrected chi connectivity index (χ2v) is 11.7. The Morgan fingerprint density at radius 1 is 1.09 bits per heavy atom. The molecular weight excluding hydrogens is 469 g/mol. The molecule has 0 saturated carbocycles. The Hall–Kier alpha value is -1.84. The maximum atomic E-state index is 15.5. The molecule has 192 valence electrons. The van der Waals surface area contributed by atoms with Crippen molar-refractivity contribution in [1.82, 2.24) is 4.31 Å². The molecule has 0 N–H and O–H groups in total. The van der Waals surface area contributed by atoms with Crippen LogP contribution in [0.25, 0.3) is 0 Å². The second kappa shape index (κ2) is 11.5. The lowest BCUT2D eigenvalue weighted by molar-refractivity contribution is -0.0111. The Balaban J connectivity index is 1.55. The van der Waals surface area contributed by atoms with Crippen LogP contribution in [0.5, 0.6) is 0 Å². The van der Waals surface area contributed by atoms with Gasteiger partial charge in [0.2, 0.25) is 10.0 Å². The van der Waals surface area contributed by atoms with E-state index < -0.39 is 15.3 Å². The summed E-state index contributed by atoms with van der Waals surface area (Å²) in [5, 5.41) is -0.600. The summed E-state index contributed by atoms with van der Waals surface area (Å²) in [4.78, 5) is 0. The standard InChI is InChI=1S/C27H36FNO5S/c1-21-8-11-26(22-6-4-3-5-7-22)35(30,31)29(21)19-23-9-10-24(18-25(23)28)27(12-14-33-15-13-27)20-34-17-16-32-2/h3-7,9-10,18,21,26H,8,11-17,19-20H2,1-2H3/t21-,26+/m0/s1. The molecule has 0 spiro atoms. The SMILES string of the molecule is COCCOCC1(c2ccc(CN3[C@@H](C)CC[C@H](c4ccccc4)S3(=O)=O)c(F)c2)CCOCC1. The summed E-state index contributed by atoms with van der Waals surface area (Å²) in [6.45, 7) is 4.58. The first-order chi connectivity index (χ1) is 16.9. The van der Waals surface area contributed by atoms with Crippen LogP contribution in [0.15, 0.2) is 48.5 Å². The van der Waals surface area contributed by atoms with E-state index in [0.717, 1.165) is 30.4 Å². The molecule has 2 aromatic carbocycles. The quantitative estimate of drug-likeness (QED) is 0.467. The molecule has 0 aromatic heterocycles. The summed E-state index contributed by atoms with van der Waals surface area (Å²) in [5.74, 6) is -0.380. The first-order valence-electron chi connectivity index (χ1n) is 12.4. The van der Waals surface area contributed by atoms with Crippen LogP contribution in [0.4, 0.5) is 4.39 Å². The molecule has 2 fully saturated rings. The molecule has 0 unspecified atom stereocenters. The van der Waals surface area contributed by atoms with Crippen molar-refractivity contribution in [3.8, 4) is 0 Å². The fourth-order valence-electron chi connectivity index (χ4n) is 5.21. The Labute approximate surface area is 208 Å². The lowest BCUT2D eigenvalue weighted by Crippen LogP contribution is -2.45. The molecule has 0 aliphatic carbocycles. The smallest absolute Gasteiger partial charge is 0.221 e. The number of ether oxygens (including phenoxy) is 3. The van der Waals surface area contributed by atoms with E-state index in [1.165, 1.54) is 4.31 Å². The molecule has 35 heavy (non-hydrogen) atoms. The van der Waals surface area contributed by atoms with Crippen molar-refractivity contribution < 1.29 is 27.0 Å². The Morgan fingerprint density at radius 3 is 2.51 bits per heavy atom. The van der Waals surface area contributed by atoms with Gasteiger partial charge in [-0.25, -0.2) is 12.8 Å². The zero-order chi connectivity index (χ0) is 24.9. The van der Waals surface area contributed by atoms with Crippen LogP contribution in [0, 0.1) is 5.82 Å². The van der Waals surface area contributed by atoms with Crippen molar-refractivity contribution >= 4 is 10.0 Å². The Kier molecular flexibility index (Phi) is 8.60. The number of hydrogen-bond acceptors (Lipinski definition) is 5. The van der Waals surface area contributed by atoms with Crippen molar-refractivity contribution in [3.63, 3.8) is 0 Å². The minimum Gasteiger partial charge on any atom is -0.382 e. The Morgan fingerprint density at radius 2 is 1.83 bits per heavy atom. The van der Waals surface area contributed by atoms with Crippen LogP contribution >= 0.6 is 0 Å². The zero-order valence-corrected chi connectivity index (χ0v) is 21.4. The highest BCUT2D eigenvalue weighted by Crippen LogP contribution is 2.39. The zero-order valence-electron chi connectivity index (χ0n) is 20.6. The maximum absolute atomic E-state index is 15.5. The van der Waals surface area contributed by atoms with Gasteiger partial charge < -0.3 is 14.2 Å². The topological polar surface area (TPSA) is 65.1 Å². The molecule has 2 heterocycles. The minimum absolute atomic E-state index is 0.0272. The largest absolute Gasteiger partial charge is 0.382 e. The third-order valence-corrected chi connectivity index (χ3v) is 9.82. The predicted molar refractivity (Wildman–Crippen MR) is 133 cm³/mol. The van der Waals surface area contributed by atoms with Gasteiger partial charge in [0.25, 0.3) is 0 Å². The fourth-order valence-corrected chi connectivity index (χ4v) is 7.40. The number of rotatable bonds is 9. The summed E-state index contributed by atoms with van der Waals surface area (Å²) in [7, 11) is -1.99. The molecule has 8 heteroatoms. The van der Waals surface area contributed by atoms with E-state index in [2.05, 4.69) is 0 Å². The van der Waals surface area contributed by atoms with E-state index >= 15 is 4.39 Å². The molecule has 2 aliphatic heterocycles. The normalized spacial score (nSPS) is 24.3. The van der Waals surface area contributed by atoms with Crippen molar-refractivity contribution in [2.75, 3.05) is 40.1 Å². The van der Waals surface area contributed by atoms with Gasteiger partial charge in [0, 0.05) is 43.9 Å². The van der Waals surface area contributed by atoms with E-state index in [1.54, 1.807) is 19.2 Å². The molecule has 2 aliphatic rings. The van der Waals surface area contributed by atoms with Crippen LogP contribution in [-0.2, 0) is 36.2 Å². The number of sulfonamides is 1. The lowest BCUT2D eigenvalue weighted by atomic mass is 9.74. The van der Waals surface area contributed by atoms with Crippen molar-refractivity contribution in [1.29, 1.82) is 0 Å². The predicted octanol–water partition coefficient (Wildman–Crippen LogP) is 4.59. The molecular formula is C27H36FNO5S. The highest BCUT2D eigenvalue weighted by atomic mass is 32.2. The average Bonchev–Trinajstić information content (AvgIpc) is 2.86. The van der Waals surface area contributed by atoms with Crippen LogP contribution < -0.4 is 0 Å². The summed E-state index contributed by atoms with van der Waals surface area (Å²) in [6, 6.07) is 14.4. The van der Waals surface area contributed by atoms with Crippen molar-refractivity contribution in [2.45, 2.75) is 55.9 Å². The molecule has 2 atom stereocenters. The lowest BCUT2D eigenvalue weighted by Gasteiger charge is -2.38. The van der Waals surface area contributed by atoms with Gasteiger partial charge in [0.05, 0.1) is 19.8 Å². The summed E-state index contributed by atoms with van der Waals surface area (Å²) >= 11 is 0. The number of nitrogens with zero attached hydrogens (tertiary/aromatic N) is 1. The summed E-state index contributed by atoms with van der Waals surface area (Å²) in [6.07, 6.45) is 2.80. The van der Waals surface area contributed by atoms with Gasteiger partial charge >= 0.3 is 0 Å². The van der Waals surface area contributed by atoms with E-state index in [0.29, 0.717) is 45.0 Å². The molecule has 6 nitrogen and oxygen atoms in total. The molecule has 2 aromatic rings. The monoisotopic (exact) mass is 505 g/mol. The van der Waals surface area contributed by atoms with Gasteiger partial charge in [-0.3, -0.25) is 0 Å². The number of benzene rings is 2. The van der Waals surface area contributed by atoms with Crippen LogP contribution in [0.1, 0.15) is 54.5 Å². The van der Waals surface area contributed by atoms with Gasteiger partial charge in [-0.2, -0.15) is 4.31 Å². The van der Waals surface area contributed by atoms with E-state index in [-0.39, 0.29) is 23.8 Å². The van der Waals surface area contributed by atoms with E-state index in [4.69, 9.17) is 14.2 Å². The highest BCUT2D eigenvalue weighted by Gasteiger charge is 2.41. The van der Waals surface area contributed by atoms with Gasteiger partial charge in [-0.15, -0.1) is 0 Å². The van der Waals surface area contributed by atoms with Gasteiger partial charge in [0.1, 0.15) is 11.1 Å².